The van der Waals surface area contributed by atoms with Crippen molar-refractivity contribution in [2.45, 2.75) is 24.5 Å². The van der Waals surface area contributed by atoms with Gasteiger partial charge in [-0.25, -0.2) is 0 Å². The molecule has 1 aromatic carbocycles. The maximum absolute atomic E-state index is 13.6. The van der Waals surface area contributed by atoms with Crippen LogP contribution in [0.2, 0.25) is 0 Å². The van der Waals surface area contributed by atoms with Crippen LogP contribution in [0.3, 0.4) is 0 Å². The van der Waals surface area contributed by atoms with Gasteiger partial charge >= 0.3 is 0 Å². The van der Waals surface area contributed by atoms with Crippen molar-refractivity contribution in [1.82, 2.24) is 4.90 Å². The molecule has 0 bridgehead atoms. The molecule has 1 aromatic heterocycles. The standard InChI is InChI=1S/C25H24N2O8/c1-27(2)19-13-9-10-8-12-11(15-4-3-7-35-15)5-6-14(28)17(12)20(29)16(10)22(31)25(13,34)23(32)18(21(19)30)24(26)33/h3-7,10,13,19,28,30-31,34H,8-9H2,1-2H3,(H2,26,33)/t10-,13-,19+,25+/m0/s1. The van der Waals surface area contributed by atoms with E-state index in [1.54, 1.807) is 32.3 Å². The molecule has 1 amide bonds. The summed E-state index contributed by atoms with van der Waals surface area (Å²) in [7, 11) is 3.17. The summed E-state index contributed by atoms with van der Waals surface area (Å²) < 4.78 is 5.50. The lowest BCUT2D eigenvalue weighted by molar-refractivity contribution is -0.148. The number of ketones is 2. The predicted molar refractivity (Wildman–Crippen MR) is 121 cm³/mol. The maximum atomic E-state index is 13.6. The van der Waals surface area contributed by atoms with Crippen molar-refractivity contribution >= 4 is 17.5 Å². The Morgan fingerprint density at radius 3 is 2.49 bits per heavy atom. The van der Waals surface area contributed by atoms with Gasteiger partial charge in [0.05, 0.1) is 17.9 Å². The second-order valence-corrected chi connectivity index (χ2v) is 9.43. The Hall–Kier alpha value is -3.89. The van der Waals surface area contributed by atoms with Gasteiger partial charge in [0, 0.05) is 17.1 Å². The smallest absolute Gasteiger partial charge is 0.255 e. The number of primary amides is 1. The van der Waals surface area contributed by atoms with Crippen LogP contribution in [0.5, 0.6) is 5.75 Å². The number of nitrogens with two attached hydrogens (primary N) is 1. The first kappa shape index (κ1) is 22.9. The Morgan fingerprint density at radius 2 is 1.89 bits per heavy atom. The Labute approximate surface area is 199 Å². The van der Waals surface area contributed by atoms with E-state index < -0.39 is 58.0 Å². The number of Topliss-reactive ketones (excluding diaryl/α,β-unsaturated/α-hetero) is 2. The van der Waals surface area contributed by atoms with Crippen molar-refractivity contribution in [2.75, 3.05) is 14.1 Å². The van der Waals surface area contributed by atoms with E-state index in [0.717, 1.165) is 0 Å². The van der Waals surface area contributed by atoms with E-state index in [0.29, 0.717) is 16.9 Å². The summed E-state index contributed by atoms with van der Waals surface area (Å²) in [5.41, 5.74) is 2.70. The van der Waals surface area contributed by atoms with Crippen LogP contribution in [0.1, 0.15) is 22.3 Å². The van der Waals surface area contributed by atoms with Gasteiger partial charge in [-0.3, -0.25) is 19.3 Å². The quantitative estimate of drug-likeness (QED) is 0.406. The molecule has 0 radical (unpaired) electrons. The van der Waals surface area contributed by atoms with Crippen LogP contribution in [0.25, 0.3) is 11.3 Å². The Bertz CT molecular complexity index is 1350. The lowest BCUT2D eigenvalue weighted by Crippen LogP contribution is -2.63. The molecule has 10 nitrogen and oxygen atoms in total. The number of carbonyl (C=O) groups excluding carboxylic acids is 3. The Morgan fingerprint density at radius 1 is 1.17 bits per heavy atom. The number of amides is 1. The number of nitrogens with zero attached hydrogens (tertiary/aromatic N) is 1. The molecule has 6 N–H and O–H groups in total. The molecule has 0 spiro atoms. The number of carbonyl (C=O) groups is 3. The van der Waals surface area contributed by atoms with Gasteiger partial charge in [-0.05, 0) is 62.7 Å². The molecule has 182 valence electrons. The molecule has 3 aliphatic rings. The van der Waals surface area contributed by atoms with Crippen LogP contribution in [-0.4, -0.2) is 68.5 Å². The largest absolute Gasteiger partial charge is 0.510 e. The van der Waals surface area contributed by atoms with E-state index in [4.69, 9.17) is 10.2 Å². The summed E-state index contributed by atoms with van der Waals surface area (Å²) in [4.78, 5) is 40.4. The SMILES string of the molecule is CN(C)[C@H]1C(O)=C(C(N)=O)C(=O)[C@]2(O)C(O)=C3C(=O)c4c(O)ccc(-c5ccco5)c4C[C@H]3C[C@@H]12. The van der Waals surface area contributed by atoms with Crippen molar-refractivity contribution in [1.29, 1.82) is 0 Å². The van der Waals surface area contributed by atoms with Gasteiger partial charge in [-0.1, -0.05) is 0 Å². The molecule has 0 aliphatic heterocycles. The number of benzene rings is 1. The third-order valence-electron chi connectivity index (χ3n) is 7.39. The summed E-state index contributed by atoms with van der Waals surface area (Å²) in [5.74, 6) is -6.29. The molecule has 2 aromatic rings. The van der Waals surface area contributed by atoms with Crippen LogP contribution in [0, 0.1) is 11.8 Å². The van der Waals surface area contributed by atoms with Crippen LogP contribution in [0.15, 0.2) is 57.6 Å². The molecule has 0 saturated carbocycles. The summed E-state index contributed by atoms with van der Waals surface area (Å²) in [6.07, 6.45) is 1.70. The molecular weight excluding hydrogens is 456 g/mol. The van der Waals surface area contributed by atoms with E-state index in [9.17, 15) is 34.8 Å². The Kier molecular flexibility index (Phi) is 4.94. The molecule has 4 atom stereocenters. The lowest BCUT2D eigenvalue weighted by atomic mass is 9.58. The number of hydrogen-bond donors (Lipinski definition) is 5. The number of aliphatic hydroxyl groups excluding tert-OH is 2. The van der Waals surface area contributed by atoms with Crippen LogP contribution in [-0.2, 0) is 16.0 Å². The molecule has 35 heavy (non-hydrogen) atoms. The summed E-state index contributed by atoms with van der Waals surface area (Å²) >= 11 is 0. The highest BCUT2D eigenvalue weighted by molar-refractivity contribution is 6.24. The molecule has 0 fully saturated rings. The normalized spacial score (nSPS) is 28.2. The zero-order chi connectivity index (χ0) is 25.4. The number of aliphatic hydroxyl groups is 3. The first-order chi connectivity index (χ1) is 16.5. The van der Waals surface area contributed by atoms with Crippen molar-refractivity contribution in [3.8, 4) is 17.1 Å². The van der Waals surface area contributed by atoms with E-state index in [-0.39, 0.29) is 29.7 Å². The summed E-state index contributed by atoms with van der Waals surface area (Å²) in [6.45, 7) is 0. The van der Waals surface area contributed by atoms with Crippen molar-refractivity contribution in [3.63, 3.8) is 0 Å². The van der Waals surface area contributed by atoms with Crippen molar-refractivity contribution in [2.24, 2.45) is 17.6 Å². The highest BCUT2D eigenvalue weighted by Crippen LogP contribution is 2.53. The van der Waals surface area contributed by atoms with E-state index in [1.807, 2.05) is 0 Å². The number of aromatic hydroxyl groups is 1. The number of furan rings is 1. The minimum atomic E-state index is -2.65. The minimum Gasteiger partial charge on any atom is -0.510 e. The van der Waals surface area contributed by atoms with Crippen molar-refractivity contribution < 1.29 is 39.2 Å². The zero-order valence-corrected chi connectivity index (χ0v) is 19.0. The average Bonchev–Trinajstić information content (AvgIpc) is 3.30. The van der Waals surface area contributed by atoms with Gasteiger partial charge in [0.25, 0.3) is 5.91 Å². The molecular formula is C25H24N2O8. The fourth-order valence-corrected chi connectivity index (χ4v) is 5.91. The van der Waals surface area contributed by atoms with Gasteiger partial charge in [-0.2, -0.15) is 0 Å². The number of fused-ring (bicyclic) bond motifs is 3. The number of allylic oxidation sites excluding steroid dienone is 1. The fraction of sp³-hybridized carbons (Fsp3) is 0.320. The number of phenolic OH excluding ortho intramolecular Hbond substituents is 1. The second-order valence-electron chi connectivity index (χ2n) is 9.43. The topological polar surface area (TPSA) is 175 Å². The number of hydrogen-bond acceptors (Lipinski definition) is 9. The monoisotopic (exact) mass is 480 g/mol. The zero-order valence-electron chi connectivity index (χ0n) is 19.0. The first-order valence-electron chi connectivity index (χ1n) is 11.0. The predicted octanol–water partition coefficient (Wildman–Crippen LogP) is 1.38. The second kappa shape index (κ2) is 7.56. The molecule has 10 heteroatoms. The first-order valence-corrected chi connectivity index (χ1v) is 11.0. The molecule has 5 rings (SSSR count). The van der Waals surface area contributed by atoms with E-state index in [2.05, 4.69) is 0 Å². The molecule has 1 heterocycles. The van der Waals surface area contributed by atoms with Crippen LogP contribution in [0.4, 0.5) is 0 Å². The average molecular weight is 480 g/mol. The number of likely N-dealkylation sites (N-methyl/N-ethyl adjacent to an activating group) is 1. The number of phenols is 1. The maximum Gasteiger partial charge on any atom is 0.255 e. The van der Waals surface area contributed by atoms with Gasteiger partial charge in [-0.15, -0.1) is 0 Å². The van der Waals surface area contributed by atoms with Crippen molar-refractivity contribution in [3.05, 3.63) is 64.3 Å². The third kappa shape index (κ3) is 2.93. The summed E-state index contributed by atoms with van der Waals surface area (Å²) in [5, 5.41) is 44.2. The Balaban J connectivity index is 1.74. The molecule has 0 saturated heterocycles. The molecule has 0 unspecified atom stereocenters. The van der Waals surface area contributed by atoms with E-state index in [1.165, 1.54) is 17.2 Å². The van der Waals surface area contributed by atoms with Crippen LogP contribution < -0.4 is 5.73 Å². The van der Waals surface area contributed by atoms with Gasteiger partial charge in [0.2, 0.25) is 5.78 Å². The number of rotatable bonds is 3. The van der Waals surface area contributed by atoms with Gasteiger partial charge in [0.1, 0.15) is 28.6 Å². The fourth-order valence-electron chi connectivity index (χ4n) is 5.91. The molecule has 3 aliphatic carbocycles. The third-order valence-corrected chi connectivity index (χ3v) is 7.39. The highest BCUT2D eigenvalue weighted by atomic mass is 16.3. The summed E-state index contributed by atoms with van der Waals surface area (Å²) in [6, 6.07) is 5.35. The van der Waals surface area contributed by atoms with Gasteiger partial charge in [0.15, 0.2) is 11.4 Å². The minimum absolute atomic E-state index is 0.0268. The highest BCUT2D eigenvalue weighted by Gasteiger charge is 2.63. The van der Waals surface area contributed by atoms with Crippen LogP contribution >= 0.6 is 0 Å². The van der Waals surface area contributed by atoms with Gasteiger partial charge < -0.3 is 30.6 Å². The lowest BCUT2D eigenvalue weighted by Gasteiger charge is -2.50. The van der Waals surface area contributed by atoms with E-state index >= 15 is 0 Å².